The fraction of sp³-hybridized carbons (Fsp3) is 0.538. The molecule has 1 fully saturated rings. The van der Waals surface area contributed by atoms with Crippen LogP contribution in [0.25, 0.3) is 0 Å². The van der Waals surface area contributed by atoms with E-state index in [4.69, 9.17) is 4.74 Å². The number of hydrogen-bond donors (Lipinski definition) is 1. The summed E-state index contributed by atoms with van der Waals surface area (Å²) in [5, 5.41) is 4.00. The van der Waals surface area contributed by atoms with E-state index in [2.05, 4.69) is 36.5 Å². The molecule has 0 spiro atoms. The monoisotopic (exact) mass is 237 g/mol. The molecule has 88 valence electrons. The van der Waals surface area contributed by atoms with Crippen molar-refractivity contribution in [2.45, 2.75) is 30.0 Å². The standard InChI is InChI=1S/C13H19NOS/c1-2-14-9-11-4-3-5-12(8-11)16-13-6-7-15-10-13/h3-5,8,13-14H,2,6-7,9-10H2,1H3. The predicted octanol–water partition coefficient (Wildman–Crippen LogP) is 2.68. The third kappa shape index (κ3) is 3.51. The molecule has 1 saturated heterocycles. The third-order valence-electron chi connectivity index (χ3n) is 2.67. The first-order valence-electron chi connectivity index (χ1n) is 5.92. The zero-order chi connectivity index (χ0) is 11.2. The Morgan fingerprint density at radius 3 is 3.19 bits per heavy atom. The highest BCUT2D eigenvalue weighted by Crippen LogP contribution is 2.28. The van der Waals surface area contributed by atoms with E-state index in [1.807, 2.05) is 11.8 Å². The van der Waals surface area contributed by atoms with Gasteiger partial charge in [-0.3, -0.25) is 0 Å². The van der Waals surface area contributed by atoms with E-state index in [0.717, 1.165) is 26.3 Å². The maximum atomic E-state index is 5.39. The smallest absolute Gasteiger partial charge is 0.0589 e. The lowest BCUT2D eigenvalue weighted by atomic mass is 10.2. The molecule has 1 aromatic rings. The number of ether oxygens (including phenoxy) is 1. The average Bonchev–Trinajstić information content (AvgIpc) is 2.80. The van der Waals surface area contributed by atoms with Gasteiger partial charge < -0.3 is 10.1 Å². The van der Waals surface area contributed by atoms with Gasteiger partial charge in [-0.05, 0) is 30.7 Å². The molecule has 1 aliphatic rings. The van der Waals surface area contributed by atoms with Crippen molar-refractivity contribution in [2.24, 2.45) is 0 Å². The minimum absolute atomic E-state index is 0.648. The Kier molecular flexibility index (Phi) is 4.69. The van der Waals surface area contributed by atoms with E-state index in [1.165, 1.54) is 16.9 Å². The van der Waals surface area contributed by atoms with Crippen LogP contribution in [-0.4, -0.2) is 25.0 Å². The fourth-order valence-electron chi connectivity index (χ4n) is 1.80. The van der Waals surface area contributed by atoms with Gasteiger partial charge >= 0.3 is 0 Å². The Morgan fingerprint density at radius 1 is 1.50 bits per heavy atom. The quantitative estimate of drug-likeness (QED) is 0.850. The number of benzene rings is 1. The van der Waals surface area contributed by atoms with Gasteiger partial charge in [0.15, 0.2) is 0 Å². The SMILES string of the molecule is CCNCc1cccc(SC2CCOC2)c1. The minimum Gasteiger partial charge on any atom is -0.380 e. The maximum Gasteiger partial charge on any atom is 0.0589 e. The summed E-state index contributed by atoms with van der Waals surface area (Å²) in [5.41, 5.74) is 1.37. The average molecular weight is 237 g/mol. The Morgan fingerprint density at radius 2 is 2.44 bits per heavy atom. The summed E-state index contributed by atoms with van der Waals surface area (Å²) in [4.78, 5) is 1.37. The largest absolute Gasteiger partial charge is 0.380 e. The molecule has 0 aromatic heterocycles. The van der Waals surface area contributed by atoms with Gasteiger partial charge in [0.05, 0.1) is 6.61 Å². The van der Waals surface area contributed by atoms with Crippen LogP contribution < -0.4 is 5.32 Å². The molecule has 2 rings (SSSR count). The van der Waals surface area contributed by atoms with Gasteiger partial charge in [0.1, 0.15) is 0 Å². The summed E-state index contributed by atoms with van der Waals surface area (Å²) < 4.78 is 5.39. The molecule has 1 unspecified atom stereocenters. The molecule has 16 heavy (non-hydrogen) atoms. The Labute approximate surface area is 102 Å². The van der Waals surface area contributed by atoms with Crippen molar-refractivity contribution in [1.29, 1.82) is 0 Å². The predicted molar refractivity (Wildman–Crippen MR) is 68.9 cm³/mol. The highest BCUT2D eigenvalue weighted by Gasteiger charge is 2.16. The van der Waals surface area contributed by atoms with Crippen molar-refractivity contribution in [2.75, 3.05) is 19.8 Å². The molecule has 0 saturated carbocycles. The molecule has 0 amide bonds. The molecule has 1 atom stereocenters. The van der Waals surface area contributed by atoms with Gasteiger partial charge in [-0.15, -0.1) is 11.8 Å². The normalized spacial score (nSPS) is 20.2. The molecular formula is C13H19NOS. The van der Waals surface area contributed by atoms with Crippen LogP contribution in [0.15, 0.2) is 29.2 Å². The summed E-state index contributed by atoms with van der Waals surface area (Å²) in [6.07, 6.45) is 1.18. The molecular weight excluding hydrogens is 218 g/mol. The molecule has 1 aliphatic heterocycles. The number of nitrogens with one attached hydrogen (secondary N) is 1. The molecule has 1 heterocycles. The van der Waals surface area contributed by atoms with Gasteiger partial charge in [-0.25, -0.2) is 0 Å². The second kappa shape index (κ2) is 6.28. The van der Waals surface area contributed by atoms with E-state index in [0.29, 0.717) is 5.25 Å². The molecule has 3 heteroatoms. The number of hydrogen-bond acceptors (Lipinski definition) is 3. The second-order valence-electron chi connectivity index (χ2n) is 4.03. The van der Waals surface area contributed by atoms with E-state index >= 15 is 0 Å². The van der Waals surface area contributed by atoms with Crippen molar-refractivity contribution in [3.8, 4) is 0 Å². The lowest BCUT2D eigenvalue weighted by Gasteiger charge is -2.09. The first kappa shape index (κ1) is 12.0. The minimum atomic E-state index is 0.648. The van der Waals surface area contributed by atoms with Crippen LogP contribution in [-0.2, 0) is 11.3 Å². The van der Waals surface area contributed by atoms with E-state index in [-0.39, 0.29) is 0 Å². The summed E-state index contributed by atoms with van der Waals surface area (Å²) in [7, 11) is 0. The van der Waals surface area contributed by atoms with E-state index in [1.54, 1.807) is 0 Å². The molecule has 0 bridgehead atoms. The summed E-state index contributed by atoms with van der Waals surface area (Å²) in [6.45, 7) is 5.95. The second-order valence-corrected chi connectivity index (χ2v) is 5.40. The molecule has 0 aliphatic carbocycles. The first-order valence-corrected chi connectivity index (χ1v) is 6.80. The van der Waals surface area contributed by atoms with E-state index < -0.39 is 0 Å². The van der Waals surface area contributed by atoms with Crippen molar-refractivity contribution in [1.82, 2.24) is 5.32 Å². The van der Waals surface area contributed by atoms with Gasteiger partial charge in [-0.1, -0.05) is 19.1 Å². The zero-order valence-electron chi connectivity index (χ0n) is 9.74. The molecule has 1 N–H and O–H groups in total. The van der Waals surface area contributed by atoms with Crippen LogP contribution in [0, 0.1) is 0 Å². The molecule has 1 aromatic carbocycles. The van der Waals surface area contributed by atoms with Crippen LogP contribution in [0.2, 0.25) is 0 Å². The van der Waals surface area contributed by atoms with Crippen LogP contribution >= 0.6 is 11.8 Å². The molecule has 0 radical (unpaired) electrons. The summed E-state index contributed by atoms with van der Waals surface area (Å²) in [6, 6.07) is 8.80. The maximum absolute atomic E-state index is 5.39. The molecule has 2 nitrogen and oxygen atoms in total. The Balaban J connectivity index is 1.92. The van der Waals surface area contributed by atoms with Crippen LogP contribution in [0.3, 0.4) is 0 Å². The van der Waals surface area contributed by atoms with Crippen molar-refractivity contribution in [3.05, 3.63) is 29.8 Å². The topological polar surface area (TPSA) is 21.3 Å². The van der Waals surface area contributed by atoms with Crippen LogP contribution in [0.1, 0.15) is 18.9 Å². The lowest BCUT2D eigenvalue weighted by molar-refractivity contribution is 0.199. The Bertz CT molecular complexity index is 323. The van der Waals surface area contributed by atoms with Crippen molar-refractivity contribution >= 4 is 11.8 Å². The number of rotatable bonds is 5. The van der Waals surface area contributed by atoms with Crippen LogP contribution in [0.5, 0.6) is 0 Å². The van der Waals surface area contributed by atoms with E-state index in [9.17, 15) is 0 Å². The highest BCUT2D eigenvalue weighted by molar-refractivity contribution is 8.00. The van der Waals surface area contributed by atoms with Gasteiger partial charge in [0, 0.05) is 23.3 Å². The first-order chi connectivity index (χ1) is 7.88. The van der Waals surface area contributed by atoms with Crippen molar-refractivity contribution < 1.29 is 4.74 Å². The highest BCUT2D eigenvalue weighted by atomic mass is 32.2. The zero-order valence-corrected chi connectivity index (χ0v) is 10.6. The van der Waals surface area contributed by atoms with Gasteiger partial charge in [-0.2, -0.15) is 0 Å². The third-order valence-corrected chi connectivity index (χ3v) is 3.90. The van der Waals surface area contributed by atoms with Crippen LogP contribution in [0.4, 0.5) is 0 Å². The van der Waals surface area contributed by atoms with Gasteiger partial charge in [0.2, 0.25) is 0 Å². The van der Waals surface area contributed by atoms with Gasteiger partial charge in [0.25, 0.3) is 0 Å². The number of thioether (sulfide) groups is 1. The summed E-state index contributed by atoms with van der Waals surface area (Å²) in [5.74, 6) is 0. The Hall–Kier alpha value is -0.510. The summed E-state index contributed by atoms with van der Waals surface area (Å²) >= 11 is 1.95. The fourth-order valence-corrected chi connectivity index (χ4v) is 2.94. The van der Waals surface area contributed by atoms with Crippen molar-refractivity contribution in [3.63, 3.8) is 0 Å². The lowest BCUT2D eigenvalue weighted by Crippen LogP contribution is -2.11.